The molecule has 0 saturated carbocycles. The number of amides is 1. The van der Waals surface area contributed by atoms with Crippen LogP contribution < -0.4 is 10.1 Å². The molecule has 5 heteroatoms. The zero-order chi connectivity index (χ0) is 20.8. The summed E-state index contributed by atoms with van der Waals surface area (Å²) < 4.78 is 10.8. The Labute approximate surface area is 176 Å². The summed E-state index contributed by atoms with van der Waals surface area (Å²) in [5, 5.41) is 2.81. The van der Waals surface area contributed by atoms with Gasteiger partial charge in [0.1, 0.15) is 18.1 Å². The van der Waals surface area contributed by atoms with E-state index in [2.05, 4.69) is 34.6 Å². The minimum atomic E-state index is -0.402. The number of pyridine rings is 1. The molecule has 5 nitrogen and oxygen atoms in total. The summed E-state index contributed by atoms with van der Waals surface area (Å²) in [6.45, 7) is 0.809. The topological polar surface area (TPSA) is 60.5 Å². The molecule has 1 N–H and O–H groups in total. The number of hydrogen-bond donors (Lipinski definition) is 1. The number of ether oxygens (including phenoxy) is 2. The van der Waals surface area contributed by atoms with E-state index in [1.165, 1.54) is 22.3 Å². The number of nitrogens with one attached hydrogen (secondary N) is 1. The number of fused-ring (bicyclic) bond motifs is 3. The second-order valence-corrected chi connectivity index (χ2v) is 7.03. The summed E-state index contributed by atoms with van der Waals surface area (Å²) >= 11 is 0. The average molecular weight is 400 g/mol. The molecule has 0 spiro atoms. The van der Waals surface area contributed by atoms with Gasteiger partial charge in [0.25, 0.3) is 0 Å². The lowest BCUT2D eigenvalue weighted by molar-refractivity contribution is 0.143. The van der Waals surface area contributed by atoms with Crippen molar-refractivity contribution in [3.8, 4) is 16.9 Å². The lowest BCUT2D eigenvalue weighted by Crippen LogP contribution is -2.26. The Morgan fingerprint density at radius 2 is 1.73 bits per heavy atom. The van der Waals surface area contributed by atoms with Crippen LogP contribution in [0.1, 0.15) is 29.2 Å². The van der Waals surface area contributed by atoms with Gasteiger partial charge in [0.15, 0.2) is 0 Å². The molecule has 152 valence electrons. The van der Waals surface area contributed by atoms with Crippen molar-refractivity contribution in [2.75, 3.05) is 20.3 Å². The van der Waals surface area contributed by atoms with Crippen LogP contribution in [0.5, 0.6) is 5.75 Å². The molecular weight excluding hydrogens is 376 g/mol. The smallest absolute Gasteiger partial charge is 0.407 e. The second kappa shape index (κ2) is 9.27. The predicted octanol–water partition coefficient (Wildman–Crippen LogP) is 5.03. The fourth-order valence-electron chi connectivity index (χ4n) is 3.80. The van der Waals surface area contributed by atoms with Crippen LogP contribution in [0.3, 0.4) is 0 Å². The number of carbonyl (C=O) groups is 1. The summed E-state index contributed by atoms with van der Waals surface area (Å²) in [7, 11) is 1.62. The third kappa shape index (κ3) is 4.20. The van der Waals surface area contributed by atoms with Crippen molar-refractivity contribution in [3.63, 3.8) is 0 Å². The number of aromatic nitrogens is 1. The maximum absolute atomic E-state index is 12.2. The average Bonchev–Trinajstić information content (AvgIpc) is 3.11. The van der Waals surface area contributed by atoms with Gasteiger partial charge in [0.05, 0.1) is 7.11 Å². The molecule has 30 heavy (non-hydrogen) atoms. The summed E-state index contributed by atoms with van der Waals surface area (Å²) in [5.41, 5.74) is 5.62. The van der Waals surface area contributed by atoms with E-state index >= 15 is 0 Å². The van der Waals surface area contributed by atoms with E-state index in [1.54, 1.807) is 13.3 Å². The summed E-state index contributed by atoms with van der Waals surface area (Å²) in [5.74, 6) is 0.790. The Bertz CT molecular complexity index is 1020. The van der Waals surface area contributed by atoms with E-state index in [4.69, 9.17) is 9.47 Å². The molecule has 0 atom stereocenters. The molecule has 0 bridgehead atoms. The van der Waals surface area contributed by atoms with Crippen molar-refractivity contribution in [1.29, 1.82) is 0 Å². The predicted molar refractivity (Wildman–Crippen MR) is 118 cm³/mol. The van der Waals surface area contributed by atoms with Crippen LogP contribution in [0.2, 0.25) is 0 Å². The van der Waals surface area contributed by atoms with Crippen LogP contribution in [0.25, 0.3) is 17.2 Å². The normalized spacial score (nSPS) is 12.4. The number of rotatable bonds is 7. The molecule has 0 saturated heterocycles. The van der Waals surface area contributed by atoms with Gasteiger partial charge in [-0.3, -0.25) is 4.98 Å². The van der Waals surface area contributed by atoms with Crippen LogP contribution in [-0.4, -0.2) is 31.3 Å². The van der Waals surface area contributed by atoms with Gasteiger partial charge in [-0.05, 0) is 46.9 Å². The largest absolute Gasteiger partial charge is 0.494 e. The van der Waals surface area contributed by atoms with Crippen LogP contribution in [-0.2, 0) is 4.74 Å². The highest BCUT2D eigenvalue weighted by Crippen LogP contribution is 2.44. The standard InChI is InChI=1S/C25H24N2O3/c1-29-24-14-8-16-26-23(24)13-6-7-15-27-25(28)30-17-22-20-11-4-2-9-18(20)19-10-3-5-12-21(19)22/h2-6,8-14,16,22H,7,15,17H2,1H3,(H,27,28). The molecule has 2 aromatic carbocycles. The molecule has 0 radical (unpaired) electrons. The molecule has 1 aliphatic carbocycles. The molecule has 1 heterocycles. The lowest BCUT2D eigenvalue weighted by Gasteiger charge is -2.14. The highest BCUT2D eigenvalue weighted by molar-refractivity contribution is 5.79. The fraction of sp³-hybridized carbons (Fsp3) is 0.200. The Morgan fingerprint density at radius 3 is 2.43 bits per heavy atom. The summed E-state index contributed by atoms with van der Waals surface area (Å²) in [6.07, 6.45) is 5.83. The number of nitrogens with zero attached hydrogens (tertiary/aromatic N) is 1. The molecule has 0 fully saturated rings. The zero-order valence-electron chi connectivity index (χ0n) is 16.9. The first-order valence-electron chi connectivity index (χ1n) is 10.0. The van der Waals surface area contributed by atoms with E-state index in [-0.39, 0.29) is 5.92 Å². The van der Waals surface area contributed by atoms with E-state index in [1.807, 2.05) is 48.6 Å². The SMILES string of the molecule is COc1cccnc1C=CCCNC(=O)OCC1c2ccccc2-c2ccccc21. The van der Waals surface area contributed by atoms with Gasteiger partial charge < -0.3 is 14.8 Å². The summed E-state index contributed by atoms with van der Waals surface area (Å²) in [6, 6.07) is 20.3. The highest BCUT2D eigenvalue weighted by Gasteiger charge is 2.28. The van der Waals surface area contributed by atoms with E-state index < -0.39 is 6.09 Å². The van der Waals surface area contributed by atoms with Crippen molar-refractivity contribution in [3.05, 3.63) is 89.8 Å². The maximum atomic E-state index is 12.2. The van der Waals surface area contributed by atoms with Crippen molar-refractivity contribution >= 4 is 12.2 Å². The van der Waals surface area contributed by atoms with Gasteiger partial charge >= 0.3 is 6.09 Å². The number of benzene rings is 2. The maximum Gasteiger partial charge on any atom is 0.407 e. The third-order valence-corrected chi connectivity index (χ3v) is 5.22. The van der Waals surface area contributed by atoms with E-state index in [9.17, 15) is 4.79 Å². The van der Waals surface area contributed by atoms with Gasteiger partial charge in [0, 0.05) is 18.7 Å². The van der Waals surface area contributed by atoms with Gasteiger partial charge in [-0.2, -0.15) is 0 Å². The molecule has 1 aliphatic rings. The first-order valence-corrected chi connectivity index (χ1v) is 10.0. The Morgan fingerprint density at radius 1 is 1.03 bits per heavy atom. The fourth-order valence-corrected chi connectivity index (χ4v) is 3.80. The van der Waals surface area contributed by atoms with Crippen LogP contribution in [0.4, 0.5) is 4.79 Å². The van der Waals surface area contributed by atoms with E-state index in [0.29, 0.717) is 19.6 Å². The molecule has 1 amide bonds. The first-order chi connectivity index (χ1) is 14.8. The first kappa shape index (κ1) is 19.7. The second-order valence-electron chi connectivity index (χ2n) is 7.03. The molecule has 0 aliphatic heterocycles. The molecule has 4 rings (SSSR count). The van der Waals surface area contributed by atoms with Crippen molar-refractivity contribution in [2.24, 2.45) is 0 Å². The summed E-state index contributed by atoms with van der Waals surface area (Å²) in [4.78, 5) is 16.4. The Balaban J connectivity index is 1.28. The quantitative estimate of drug-likeness (QED) is 0.565. The minimum Gasteiger partial charge on any atom is -0.494 e. The number of carbonyl (C=O) groups excluding carboxylic acids is 1. The highest BCUT2D eigenvalue weighted by atomic mass is 16.5. The zero-order valence-corrected chi connectivity index (χ0v) is 16.9. The monoisotopic (exact) mass is 400 g/mol. The van der Waals surface area contributed by atoms with Crippen LogP contribution >= 0.6 is 0 Å². The van der Waals surface area contributed by atoms with Gasteiger partial charge in [-0.25, -0.2) is 4.79 Å². The van der Waals surface area contributed by atoms with Crippen LogP contribution in [0, 0.1) is 0 Å². The molecular formula is C25H24N2O3. The van der Waals surface area contributed by atoms with Gasteiger partial charge in [-0.15, -0.1) is 0 Å². The Kier molecular flexibility index (Phi) is 6.09. The third-order valence-electron chi connectivity index (χ3n) is 5.22. The van der Waals surface area contributed by atoms with Crippen molar-refractivity contribution in [2.45, 2.75) is 12.3 Å². The number of alkyl carbamates (subject to hydrolysis) is 1. The Hall–Kier alpha value is -3.60. The van der Waals surface area contributed by atoms with Crippen molar-refractivity contribution in [1.82, 2.24) is 10.3 Å². The molecule has 3 aromatic rings. The lowest BCUT2D eigenvalue weighted by atomic mass is 9.98. The van der Waals surface area contributed by atoms with Gasteiger partial charge in [0.2, 0.25) is 0 Å². The minimum absolute atomic E-state index is 0.0691. The molecule has 0 unspecified atom stereocenters. The molecule has 1 aromatic heterocycles. The van der Waals surface area contributed by atoms with E-state index in [0.717, 1.165) is 11.4 Å². The number of hydrogen-bond acceptors (Lipinski definition) is 4. The number of methoxy groups -OCH3 is 1. The van der Waals surface area contributed by atoms with Crippen molar-refractivity contribution < 1.29 is 14.3 Å². The van der Waals surface area contributed by atoms with Gasteiger partial charge in [-0.1, -0.05) is 54.6 Å². The van der Waals surface area contributed by atoms with Crippen LogP contribution in [0.15, 0.2) is 72.9 Å².